The molecule has 5 heteroatoms. The summed E-state index contributed by atoms with van der Waals surface area (Å²) in [5, 5.41) is 4.32. The molecule has 4 nitrogen and oxygen atoms in total. The number of aromatic nitrogens is 2. The number of aryl methyl sites for hydroxylation is 2. The molecule has 34 heavy (non-hydrogen) atoms. The summed E-state index contributed by atoms with van der Waals surface area (Å²) >= 11 is 5.91. The fourth-order valence-corrected chi connectivity index (χ4v) is 5.32. The maximum absolute atomic E-state index is 5.91. The maximum Gasteiger partial charge on any atom is 0.174 e. The van der Waals surface area contributed by atoms with Gasteiger partial charge in [-0.05, 0) is 79.5 Å². The minimum Gasteiger partial charge on any atom is -0.351 e. The van der Waals surface area contributed by atoms with Gasteiger partial charge in [-0.15, -0.1) is 0 Å². The molecule has 1 N–H and O–H groups in total. The Bertz CT molecular complexity index is 1280. The smallest absolute Gasteiger partial charge is 0.174 e. The van der Waals surface area contributed by atoms with Crippen molar-refractivity contribution in [1.82, 2.24) is 14.9 Å². The molecule has 172 valence electrons. The van der Waals surface area contributed by atoms with Crippen molar-refractivity contribution in [3.63, 3.8) is 0 Å². The number of pyridine rings is 1. The summed E-state index contributed by atoms with van der Waals surface area (Å²) in [7, 11) is 0. The lowest BCUT2D eigenvalue weighted by molar-refractivity contribution is 0.563. The van der Waals surface area contributed by atoms with Crippen LogP contribution in [0.2, 0.25) is 0 Å². The van der Waals surface area contributed by atoms with Crippen LogP contribution in [0, 0.1) is 13.8 Å². The van der Waals surface area contributed by atoms with Gasteiger partial charge in [0, 0.05) is 29.8 Å². The van der Waals surface area contributed by atoms with Gasteiger partial charge in [-0.1, -0.05) is 55.5 Å². The van der Waals surface area contributed by atoms with E-state index in [2.05, 4.69) is 102 Å². The lowest BCUT2D eigenvalue weighted by atomic mass is 9.96. The Morgan fingerprint density at radius 1 is 0.912 bits per heavy atom. The largest absolute Gasteiger partial charge is 0.351 e. The fraction of sp³-hybridized carbons (Fsp3) is 0.241. The van der Waals surface area contributed by atoms with Gasteiger partial charge in [0.25, 0.3) is 0 Å². The molecule has 1 fully saturated rings. The number of benzene rings is 2. The molecular formula is C29H30N4S. The quantitative estimate of drug-likeness (QED) is 0.339. The van der Waals surface area contributed by atoms with Gasteiger partial charge in [-0.3, -0.25) is 4.98 Å². The van der Waals surface area contributed by atoms with E-state index in [9.17, 15) is 0 Å². The lowest BCUT2D eigenvalue weighted by Gasteiger charge is -2.28. The van der Waals surface area contributed by atoms with Gasteiger partial charge in [0.05, 0.1) is 17.8 Å². The average molecular weight is 467 g/mol. The zero-order valence-corrected chi connectivity index (χ0v) is 20.7. The minimum absolute atomic E-state index is 0.00519. The summed E-state index contributed by atoms with van der Waals surface area (Å²) in [5.41, 5.74) is 8.49. The van der Waals surface area contributed by atoms with E-state index in [4.69, 9.17) is 17.2 Å². The highest BCUT2D eigenvalue weighted by molar-refractivity contribution is 7.80. The van der Waals surface area contributed by atoms with Gasteiger partial charge in [0.15, 0.2) is 5.11 Å². The minimum atomic E-state index is -0.0368. The first-order chi connectivity index (χ1) is 16.6. The van der Waals surface area contributed by atoms with Crippen LogP contribution in [-0.4, -0.2) is 14.7 Å². The Kier molecular flexibility index (Phi) is 6.20. The predicted molar refractivity (Wildman–Crippen MR) is 143 cm³/mol. The van der Waals surface area contributed by atoms with Crippen molar-refractivity contribution in [3.05, 3.63) is 119 Å². The van der Waals surface area contributed by atoms with Crippen LogP contribution in [0.5, 0.6) is 0 Å². The predicted octanol–water partition coefficient (Wildman–Crippen LogP) is 6.29. The van der Waals surface area contributed by atoms with Crippen LogP contribution in [0.1, 0.15) is 52.8 Å². The molecule has 1 aliphatic heterocycles. The first kappa shape index (κ1) is 22.4. The molecule has 0 amide bonds. The van der Waals surface area contributed by atoms with Crippen molar-refractivity contribution in [1.29, 1.82) is 0 Å². The second kappa shape index (κ2) is 9.43. The van der Waals surface area contributed by atoms with Crippen LogP contribution >= 0.6 is 12.2 Å². The van der Waals surface area contributed by atoms with Crippen molar-refractivity contribution in [2.75, 3.05) is 4.90 Å². The number of nitrogens with one attached hydrogen (secondary N) is 1. The van der Waals surface area contributed by atoms with Gasteiger partial charge in [0.2, 0.25) is 0 Å². The van der Waals surface area contributed by atoms with E-state index in [1.54, 1.807) is 0 Å². The summed E-state index contributed by atoms with van der Waals surface area (Å²) in [5.74, 6) is 0. The third kappa shape index (κ3) is 4.12. The van der Waals surface area contributed by atoms with E-state index in [-0.39, 0.29) is 12.1 Å². The SMILES string of the molecule is CCc1ccc(N2C(=S)NC(c3ccccn3)C2c2cc(C)n(Cc3ccccc3)c2C)cc1. The topological polar surface area (TPSA) is 33.1 Å². The summed E-state index contributed by atoms with van der Waals surface area (Å²) in [6.07, 6.45) is 2.87. The van der Waals surface area contributed by atoms with E-state index >= 15 is 0 Å². The zero-order valence-electron chi connectivity index (χ0n) is 19.9. The molecule has 3 heterocycles. The van der Waals surface area contributed by atoms with Crippen LogP contribution in [0.3, 0.4) is 0 Å². The first-order valence-corrected chi connectivity index (χ1v) is 12.3. The van der Waals surface area contributed by atoms with Gasteiger partial charge in [-0.25, -0.2) is 0 Å². The van der Waals surface area contributed by atoms with E-state index < -0.39 is 0 Å². The normalized spacial score (nSPS) is 17.7. The Labute approximate surface area is 207 Å². The van der Waals surface area contributed by atoms with Crippen LogP contribution in [0.25, 0.3) is 0 Å². The number of anilines is 1. The molecule has 0 bridgehead atoms. The van der Waals surface area contributed by atoms with Crippen molar-refractivity contribution in [2.24, 2.45) is 0 Å². The van der Waals surface area contributed by atoms with Crippen molar-refractivity contribution in [2.45, 2.75) is 45.8 Å². The highest BCUT2D eigenvalue weighted by Crippen LogP contribution is 2.43. The number of nitrogens with zero attached hydrogens (tertiary/aromatic N) is 3. The molecule has 2 unspecified atom stereocenters. The third-order valence-electron chi connectivity index (χ3n) is 6.84. The van der Waals surface area contributed by atoms with E-state index in [1.165, 1.54) is 28.1 Å². The molecule has 2 aromatic carbocycles. The molecule has 0 saturated carbocycles. The summed E-state index contributed by atoms with van der Waals surface area (Å²) in [6.45, 7) is 7.44. The fourth-order valence-electron chi connectivity index (χ4n) is 4.98. The van der Waals surface area contributed by atoms with E-state index in [0.717, 1.165) is 29.5 Å². The highest BCUT2D eigenvalue weighted by atomic mass is 32.1. The van der Waals surface area contributed by atoms with E-state index in [1.807, 2.05) is 18.3 Å². The van der Waals surface area contributed by atoms with Crippen LogP contribution in [0.4, 0.5) is 5.69 Å². The second-order valence-electron chi connectivity index (χ2n) is 8.91. The van der Waals surface area contributed by atoms with Crippen molar-refractivity contribution >= 4 is 23.0 Å². The molecule has 2 atom stereocenters. The molecule has 1 aliphatic rings. The lowest BCUT2D eigenvalue weighted by Crippen LogP contribution is -2.29. The Hall–Kier alpha value is -3.44. The second-order valence-corrected chi connectivity index (χ2v) is 9.30. The van der Waals surface area contributed by atoms with Gasteiger partial charge in [0.1, 0.15) is 0 Å². The third-order valence-corrected chi connectivity index (χ3v) is 7.15. The number of hydrogen-bond donors (Lipinski definition) is 1. The van der Waals surface area contributed by atoms with Crippen LogP contribution < -0.4 is 10.2 Å². The highest BCUT2D eigenvalue weighted by Gasteiger charge is 2.42. The monoisotopic (exact) mass is 466 g/mol. The number of hydrogen-bond acceptors (Lipinski definition) is 2. The van der Waals surface area contributed by atoms with Gasteiger partial charge in [-0.2, -0.15) is 0 Å². The summed E-state index contributed by atoms with van der Waals surface area (Å²) in [4.78, 5) is 6.96. The molecule has 4 aromatic rings. The Balaban J connectivity index is 1.61. The Morgan fingerprint density at radius 2 is 1.65 bits per heavy atom. The molecule has 1 saturated heterocycles. The number of thiocarbonyl (C=S) groups is 1. The molecule has 0 radical (unpaired) electrons. The molecule has 0 aliphatic carbocycles. The maximum atomic E-state index is 5.91. The summed E-state index contributed by atoms with van der Waals surface area (Å²) < 4.78 is 2.40. The molecule has 0 spiro atoms. The van der Waals surface area contributed by atoms with Crippen molar-refractivity contribution < 1.29 is 0 Å². The van der Waals surface area contributed by atoms with Crippen molar-refractivity contribution in [3.8, 4) is 0 Å². The van der Waals surface area contributed by atoms with E-state index in [0.29, 0.717) is 0 Å². The standard InChI is InChI=1S/C29H30N4S/c1-4-22-13-15-24(16-14-22)33-28(27(31-29(33)34)26-12-8-9-17-30-26)25-18-20(2)32(21(25)3)19-23-10-6-5-7-11-23/h5-18,27-28H,4,19H2,1-3H3,(H,31,34). The molecule has 2 aromatic heterocycles. The van der Waals surface area contributed by atoms with Gasteiger partial charge < -0.3 is 14.8 Å². The Morgan fingerprint density at radius 3 is 2.32 bits per heavy atom. The zero-order chi connectivity index (χ0) is 23.7. The number of rotatable bonds is 6. The van der Waals surface area contributed by atoms with Gasteiger partial charge >= 0.3 is 0 Å². The molecular weight excluding hydrogens is 436 g/mol. The first-order valence-electron chi connectivity index (χ1n) is 11.9. The molecule has 5 rings (SSSR count). The average Bonchev–Trinajstić information content (AvgIpc) is 3.36. The van der Waals surface area contributed by atoms with Crippen LogP contribution in [-0.2, 0) is 13.0 Å². The summed E-state index contributed by atoms with van der Waals surface area (Å²) in [6, 6.07) is 27.8. The van der Waals surface area contributed by atoms with Crippen LogP contribution in [0.15, 0.2) is 85.1 Å².